The second kappa shape index (κ2) is 9.90. The molecule has 0 radical (unpaired) electrons. The number of urea groups is 1. The van der Waals surface area contributed by atoms with Crippen molar-refractivity contribution in [2.45, 2.75) is 32.5 Å². The summed E-state index contributed by atoms with van der Waals surface area (Å²) >= 11 is 0. The van der Waals surface area contributed by atoms with E-state index in [4.69, 9.17) is 4.74 Å². The van der Waals surface area contributed by atoms with Crippen LogP contribution in [0.25, 0.3) is 0 Å². The molecule has 9 heteroatoms. The molecule has 0 bridgehead atoms. The van der Waals surface area contributed by atoms with Gasteiger partial charge in [0.05, 0.1) is 7.11 Å². The van der Waals surface area contributed by atoms with Gasteiger partial charge in [-0.05, 0) is 42.2 Å². The fourth-order valence-corrected chi connectivity index (χ4v) is 3.10. The first-order valence-electron chi connectivity index (χ1n) is 9.38. The number of nitrogens with zero attached hydrogens (tertiary/aromatic N) is 2. The van der Waals surface area contributed by atoms with Gasteiger partial charge in [0.25, 0.3) is 0 Å². The summed E-state index contributed by atoms with van der Waals surface area (Å²) in [6.45, 7) is -0.301. The van der Waals surface area contributed by atoms with Crippen LogP contribution in [0.1, 0.15) is 24.0 Å². The van der Waals surface area contributed by atoms with Gasteiger partial charge in [-0.2, -0.15) is 8.78 Å². The van der Waals surface area contributed by atoms with Crippen LogP contribution >= 0.6 is 0 Å². The minimum Gasteiger partial charge on any atom is -0.493 e. The van der Waals surface area contributed by atoms with E-state index in [1.54, 1.807) is 18.3 Å². The van der Waals surface area contributed by atoms with Crippen molar-refractivity contribution in [1.82, 2.24) is 15.6 Å². The summed E-state index contributed by atoms with van der Waals surface area (Å²) in [6.07, 6.45) is 4.15. The minimum atomic E-state index is -2.93. The Kier molecular flexibility index (Phi) is 7.04. The van der Waals surface area contributed by atoms with Gasteiger partial charge in [-0.1, -0.05) is 12.1 Å². The zero-order valence-corrected chi connectivity index (χ0v) is 16.2. The molecule has 1 aromatic heterocycles. The average molecular weight is 406 g/mol. The third-order valence-corrected chi connectivity index (χ3v) is 4.59. The number of hydrogen-bond acceptors (Lipinski definition) is 5. The van der Waals surface area contributed by atoms with Crippen molar-refractivity contribution in [1.29, 1.82) is 0 Å². The normalized spacial score (nSPS) is 13.4. The summed E-state index contributed by atoms with van der Waals surface area (Å²) in [4.78, 5) is 18.7. The monoisotopic (exact) mass is 406 g/mol. The summed E-state index contributed by atoms with van der Waals surface area (Å²) in [7, 11) is 1.36. The van der Waals surface area contributed by atoms with Crippen LogP contribution in [0.3, 0.4) is 0 Å². The van der Waals surface area contributed by atoms with Crippen LogP contribution in [0.5, 0.6) is 11.5 Å². The van der Waals surface area contributed by atoms with Gasteiger partial charge in [-0.3, -0.25) is 0 Å². The largest absolute Gasteiger partial charge is 0.493 e. The molecule has 156 valence electrons. The van der Waals surface area contributed by atoms with Crippen molar-refractivity contribution < 1.29 is 23.0 Å². The number of methoxy groups -OCH3 is 1. The molecule has 1 aliphatic rings. The molecule has 2 heterocycles. The molecule has 1 saturated heterocycles. The number of rotatable bonds is 8. The van der Waals surface area contributed by atoms with Crippen LogP contribution in [0.2, 0.25) is 0 Å². The number of amides is 2. The number of nitrogens with one attached hydrogen (secondary N) is 2. The lowest BCUT2D eigenvalue weighted by Crippen LogP contribution is -2.34. The van der Waals surface area contributed by atoms with Gasteiger partial charge in [-0.25, -0.2) is 9.78 Å². The lowest BCUT2D eigenvalue weighted by Gasteiger charge is -2.16. The zero-order chi connectivity index (χ0) is 20.6. The van der Waals surface area contributed by atoms with Gasteiger partial charge in [-0.15, -0.1) is 0 Å². The summed E-state index contributed by atoms with van der Waals surface area (Å²) in [5.41, 5.74) is 1.59. The van der Waals surface area contributed by atoms with E-state index in [1.165, 1.54) is 26.0 Å². The molecule has 1 aromatic carbocycles. The maximum Gasteiger partial charge on any atom is 0.387 e. The molecule has 1 fully saturated rings. The number of hydrogen-bond donors (Lipinski definition) is 2. The fourth-order valence-electron chi connectivity index (χ4n) is 3.10. The number of halogens is 2. The summed E-state index contributed by atoms with van der Waals surface area (Å²) in [6, 6.07) is 8.08. The van der Waals surface area contributed by atoms with E-state index in [9.17, 15) is 13.6 Å². The maximum absolute atomic E-state index is 12.4. The zero-order valence-electron chi connectivity index (χ0n) is 16.2. The molecule has 0 atom stereocenters. The standard InChI is InChI=1S/C20H24F2N4O3/c1-28-17-10-14(4-6-16(17)29-19(21)22)11-24-20(27)25-13-15-5-7-18(23-12-15)26-8-2-3-9-26/h4-7,10,12,19H,2-3,8-9,11,13H2,1H3,(H2,24,25,27). The topological polar surface area (TPSA) is 75.7 Å². The Morgan fingerprint density at radius 2 is 1.79 bits per heavy atom. The molecule has 7 nitrogen and oxygen atoms in total. The number of alkyl halides is 2. The Balaban J connectivity index is 1.46. The third-order valence-electron chi connectivity index (χ3n) is 4.59. The second-order valence-electron chi connectivity index (χ2n) is 6.62. The number of carbonyl (C=O) groups is 1. The molecule has 0 aliphatic carbocycles. The first-order chi connectivity index (χ1) is 14.0. The van der Waals surface area contributed by atoms with Crippen molar-refractivity contribution in [3.8, 4) is 11.5 Å². The first-order valence-corrected chi connectivity index (χ1v) is 9.38. The van der Waals surface area contributed by atoms with Gasteiger partial charge >= 0.3 is 12.6 Å². The lowest BCUT2D eigenvalue weighted by molar-refractivity contribution is -0.0512. The molecule has 29 heavy (non-hydrogen) atoms. The molecule has 2 amide bonds. The van der Waals surface area contributed by atoms with Crippen molar-refractivity contribution in [3.63, 3.8) is 0 Å². The third kappa shape index (κ3) is 5.94. The molecule has 2 N–H and O–H groups in total. The quantitative estimate of drug-likeness (QED) is 0.704. The fraction of sp³-hybridized carbons (Fsp3) is 0.400. The highest BCUT2D eigenvalue weighted by atomic mass is 19.3. The van der Waals surface area contributed by atoms with E-state index in [0.717, 1.165) is 24.5 Å². The number of benzene rings is 1. The SMILES string of the molecule is COc1cc(CNC(=O)NCc2ccc(N3CCCC3)nc2)ccc1OC(F)F. The first kappa shape index (κ1) is 20.6. The Bertz CT molecular complexity index is 812. The number of aromatic nitrogens is 1. The van der Waals surface area contributed by atoms with E-state index >= 15 is 0 Å². The van der Waals surface area contributed by atoms with Crippen LogP contribution in [-0.4, -0.2) is 37.8 Å². The highest BCUT2D eigenvalue weighted by Gasteiger charge is 2.13. The molecule has 0 unspecified atom stereocenters. The van der Waals surface area contributed by atoms with Gasteiger partial charge in [0.1, 0.15) is 5.82 Å². The van der Waals surface area contributed by atoms with E-state index in [-0.39, 0.29) is 24.1 Å². The highest BCUT2D eigenvalue weighted by molar-refractivity contribution is 5.73. The Hall–Kier alpha value is -3.10. The predicted octanol–water partition coefficient (Wildman–Crippen LogP) is 3.29. The van der Waals surface area contributed by atoms with Gasteiger partial charge < -0.3 is 25.0 Å². The van der Waals surface area contributed by atoms with Crippen molar-refractivity contribution in [2.75, 3.05) is 25.1 Å². The van der Waals surface area contributed by atoms with E-state index in [0.29, 0.717) is 12.1 Å². The van der Waals surface area contributed by atoms with Gasteiger partial charge in [0, 0.05) is 32.4 Å². The molecule has 2 aromatic rings. The number of anilines is 1. The molecular formula is C20H24F2N4O3. The van der Waals surface area contributed by atoms with Crippen molar-refractivity contribution in [3.05, 3.63) is 47.7 Å². The summed E-state index contributed by atoms with van der Waals surface area (Å²) < 4.78 is 34.2. The summed E-state index contributed by atoms with van der Waals surface area (Å²) in [5.74, 6) is 1.08. The van der Waals surface area contributed by atoms with Crippen LogP contribution in [0, 0.1) is 0 Å². The van der Waals surface area contributed by atoms with Gasteiger partial charge in [0.15, 0.2) is 11.5 Å². The predicted molar refractivity (Wildman–Crippen MR) is 104 cm³/mol. The van der Waals surface area contributed by atoms with Crippen molar-refractivity contribution in [2.24, 2.45) is 0 Å². The van der Waals surface area contributed by atoms with Crippen LogP contribution in [0.15, 0.2) is 36.5 Å². The van der Waals surface area contributed by atoms with E-state index in [2.05, 4.69) is 25.3 Å². The average Bonchev–Trinajstić information content (AvgIpc) is 3.26. The number of pyridine rings is 1. The van der Waals surface area contributed by atoms with E-state index < -0.39 is 6.61 Å². The van der Waals surface area contributed by atoms with Crippen molar-refractivity contribution >= 4 is 11.8 Å². The Morgan fingerprint density at radius 1 is 1.10 bits per heavy atom. The van der Waals surface area contributed by atoms with Gasteiger partial charge in [0.2, 0.25) is 0 Å². The van der Waals surface area contributed by atoms with E-state index in [1.807, 2.05) is 12.1 Å². The Labute approximate surface area is 168 Å². The maximum atomic E-state index is 12.4. The number of carbonyl (C=O) groups excluding carboxylic acids is 1. The lowest BCUT2D eigenvalue weighted by atomic mass is 10.2. The van der Waals surface area contributed by atoms with Crippen LogP contribution in [-0.2, 0) is 13.1 Å². The smallest absolute Gasteiger partial charge is 0.387 e. The molecule has 1 aliphatic heterocycles. The molecule has 0 spiro atoms. The number of ether oxygens (including phenoxy) is 2. The second-order valence-corrected chi connectivity index (χ2v) is 6.62. The highest BCUT2D eigenvalue weighted by Crippen LogP contribution is 2.29. The molecule has 3 rings (SSSR count). The minimum absolute atomic E-state index is 0.0550. The molecule has 0 saturated carbocycles. The van der Waals surface area contributed by atoms with Crippen LogP contribution in [0.4, 0.5) is 19.4 Å². The molecular weight excluding hydrogens is 382 g/mol. The Morgan fingerprint density at radius 3 is 2.41 bits per heavy atom. The van der Waals surface area contributed by atoms with Crippen LogP contribution < -0.4 is 25.0 Å². The summed E-state index contributed by atoms with van der Waals surface area (Å²) in [5, 5.41) is 5.48.